The Hall–Kier alpha value is -1.30. The van der Waals surface area contributed by atoms with E-state index in [1.807, 2.05) is 4.99 Å². The fraction of sp³-hybridized carbons (Fsp3) is 0.400. The monoisotopic (exact) mass is 205 g/mol. The molecule has 0 amide bonds. The van der Waals surface area contributed by atoms with Crippen LogP contribution in [0.25, 0.3) is 0 Å². The molecular formula is C5HF6NO. The molecule has 74 valence electrons. The lowest BCUT2D eigenvalue weighted by Gasteiger charge is -2.12. The quantitative estimate of drug-likeness (QED) is 0.395. The molecule has 0 heterocycles. The largest absolute Gasteiger partial charge is 0.355 e. The standard InChI is InChI=1S/C5HF6NO/c6-3(7)2(12-1-13)5(10,11)4(8)9/h4H. The Kier molecular flexibility index (Phi) is 3.68. The van der Waals surface area contributed by atoms with E-state index in [4.69, 9.17) is 0 Å². The molecule has 0 rings (SSSR count). The molecule has 0 aromatic carbocycles. The molecule has 0 saturated heterocycles. The maximum atomic E-state index is 12.1. The molecule has 0 fully saturated rings. The van der Waals surface area contributed by atoms with Crippen LogP contribution in [0.4, 0.5) is 26.3 Å². The zero-order valence-corrected chi connectivity index (χ0v) is 5.70. The third-order valence-corrected chi connectivity index (χ3v) is 0.926. The number of aliphatic imine (C=N–C) groups is 1. The van der Waals surface area contributed by atoms with Crippen molar-refractivity contribution in [3.05, 3.63) is 11.8 Å². The van der Waals surface area contributed by atoms with Crippen molar-refractivity contribution in [2.75, 3.05) is 0 Å². The van der Waals surface area contributed by atoms with Crippen molar-refractivity contribution >= 4 is 6.08 Å². The maximum Gasteiger partial charge on any atom is 0.355 e. The van der Waals surface area contributed by atoms with Crippen LogP contribution in [0.5, 0.6) is 0 Å². The first-order chi connectivity index (χ1) is 5.84. The van der Waals surface area contributed by atoms with E-state index in [-0.39, 0.29) is 0 Å². The van der Waals surface area contributed by atoms with E-state index in [2.05, 4.69) is 0 Å². The predicted octanol–water partition coefficient (Wildman–Crippen LogP) is 2.33. The number of hydrogen-bond donors (Lipinski definition) is 0. The van der Waals surface area contributed by atoms with Crippen LogP contribution < -0.4 is 0 Å². The highest BCUT2D eigenvalue weighted by atomic mass is 19.3. The van der Waals surface area contributed by atoms with E-state index in [0.29, 0.717) is 6.08 Å². The molecule has 0 spiro atoms. The average molecular weight is 205 g/mol. The van der Waals surface area contributed by atoms with E-state index in [9.17, 15) is 31.1 Å². The Morgan fingerprint density at radius 1 is 1.31 bits per heavy atom. The highest BCUT2D eigenvalue weighted by Crippen LogP contribution is 2.34. The number of allylic oxidation sites excluding steroid dienone is 1. The molecular weight excluding hydrogens is 204 g/mol. The van der Waals surface area contributed by atoms with E-state index in [1.54, 1.807) is 0 Å². The lowest BCUT2D eigenvalue weighted by Crippen LogP contribution is -2.28. The Labute approximate surface area is 67.6 Å². The van der Waals surface area contributed by atoms with Gasteiger partial charge >= 0.3 is 12.3 Å². The number of rotatable bonds is 3. The van der Waals surface area contributed by atoms with E-state index >= 15 is 0 Å². The Bertz CT molecular complexity index is 262. The highest BCUT2D eigenvalue weighted by molar-refractivity contribution is 5.38. The normalized spacial score (nSPS) is 11.0. The summed E-state index contributed by atoms with van der Waals surface area (Å²) in [7, 11) is 0. The van der Waals surface area contributed by atoms with Crippen LogP contribution in [0.2, 0.25) is 0 Å². The van der Waals surface area contributed by atoms with Gasteiger partial charge in [0.25, 0.3) is 6.08 Å². The van der Waals surface area contributed by atoms with Crippen molar-refractivity contribution in [1.82, 2.24) is 0 Å². The van der Waals surface area contributed by atoms with Crippen LogP contribution in [0.15, 0.2) is 16.8 Å². The first-order valence-electron chi connectivity index (χ1n) is 2.63. The molecule has 0 aromatic rings. The lowest BCUT2D eigenvalue weighted by molar-refractivity contribution is -0.103. The van der Waals surface area contributed by atoms with Crippen LogP contribution in [-0.4, -0.2) is 18.4 Å². The Morgan fingerprint density at radius 2 is 1.77 bits per heavy atom. The second kappa shape index (κ2) is 4.08. The van der Waals surface area contributed by atoms with Gasteiger partial charge < -0.3 is 0 Å². The number of alkyl halides is 4. The van der Waals surface area contributed by atoms with E-state index < -0.39 is 24.1 Å². The topological polar surface area (TPSA) is 29.4 Å². The average Bonchev–Trinajstić information content (AvgIpc) is 1.98. The first kappa shape index (κ1) is 11.7. The SMILES string of the molecule is O=C=NC(=C(F)F)C(F)(F)C(F)F. The van der Waals surface area contributed by atoms with E-state index in [1.165, 1.54) is 0 Å². The van der Waals surface area contributed by atoms with Crippen molar-refractivity contribution in [2.24, 2.45) is 4.99 Å². The summed E-state index contributed by atoms with van der Waals surface area (Å²) in [6.45, 7) is 0. The van der Waals surface area contributed by atoms with Crippen LogP contribution in [0.1, 0.15) is 0 Å². The van der Waals surface area contributed by atoms with Gasteiger partial charge in [-0.25, -0.2) is 13.6 Å². The summed E-state index contributed by atoms with van der Waals surface area (Å²) < 4.78 is 70.1. The second-order valence-electron chi connectivity index (χ2n) is 1.74. The zero-order valence-electron chi connectivity index (χ0n) is 5.70. The molecule has 2 nitrogen and oxygen atoms in total. The molecule has 0 bridgehead atoms. The highest BCUT2D eigenvalue weighted by Gasteiger charge is 2.48. The summed E-state index contributed by atoms with van der Waals surface area (Å²) in [6, 6.07) is 0. The minimum Gasteiger partial charge on any atom is -0.211 e. The van der Waals surface area contributed by atoms with Crippen molar-refractivity contribution in [1.29, 1.82) is 0 Å². The third-order valence-electron chi connectivity index (χ3n) is 0.926. The zero-order chi connectivity index (χ0) is 10.6. The molecule has 0 radical (unpaired) electrons. The maximum absolute atomic E-state index is 12.1. The van der Waals surface area contributed by atoms with Gasteiger partial charge in [-0.3, -0.25) is 0 Å². The molecule has 0 atom stereocenters. The van der Waals surface area contributed by atoms with Crippen LogP contribution >= 0.6 is 0 Å². The van der Waals surface area contributed by atoms with Gasteiger partial charge in [0.15, 0.2) is 5.70 Å². The lowest BCUT2D eigenvalue weighted by atomic mass is 10.3. The van der Waals surface area contributed by atoms with Gasteiger partial charge in [0.2, 0.25) is 6.08 Å². The predicted molar refractivity (Wildman–Crippen MR) is 28.3 cm³/mol. The number of hydrogen-bond acceptors (Lipinski definition) is 2. The summed E-state index contributed by atoms with van der Waals surface area (Å²) in [6.07, 6.45) is -7.17. The third kappa shape index (κ3) is 2.59. The molecule has 0 aromatic heterocycles. The van der Waals surface area contributed by atoms with Crippen molar-refractivity contribution in [2.45, 2.75) is 12.3 Å². The number of nitrogens with zero attached hydrogens (tertiary/aromatic N) is 1. The molecule has 0 aliphatic rings. The summed E-state index contributed by atoms with van der Waals surface area (Å²) in [5, 5.41) is 0. The van der Waals surface area contributed by atoms with Gasteiger partial charge in [-0.1, -0.05) is 0 Å². The molecule has 0 N–H and O–H groups in total. The number of isocyanates is 1. The van der Waals surface area contributed by atoms with Crippen LogP contribution in [0.3, 0.4) is 0 Å². The summed E-state index contributed by atoms with van der Waals surface area (Å²) >= 11 is 0. The van der Waals surface area contributed by atoms with E-state index in [0.717, 1.165) is 0 Å². The van der Waals surface area contributed by atoms with Crippen molar-refractivity contribution < 1.29 is 31.1 Å². The minimum absolute atomic E-state index is 0.334. The van der Waals surface area contributed by atoms with Crippen LogP contribution in [-0.2, 0) is 4.79 Å². The summed E-state index contributed by atoms with van der Waals surface area (Å²) in [5.74, 6) is -5.14. The summed E-state index contributed by atoms with van der Waals surface area (Å²) in [5.41, 5.74) is -2.56. The first-order valence-corrected chi connectivity index (χ1v) is 2.63. The Balaban J connectivity index is 5.21. The molecule has 0 aliphatic heterocycles. The smallest absolute Gasteiger partial charge is 0.211 e. The molecule has 0 unspecified atom stereocenters. The molecule has 13 heavy (non-hydrogen) atoms. The Morgan fingerprint density at radius 3 is 2.00 bits per heavy atom. The summed E-state index contributed by atoms with van der Waals surface area (Å²) in [4.78, 5) is 11.2. The van der Waals surface area contributed by atoms with Crippen molar-refractivity contribution in [3.63, 3.8) is 0 Å². The van der Waals surface area contributed by atoms with Gasteiger partial charge in [0.05, 0.1) is 0 Å². The van der Waals surface area contributed by atoms with Crippen LogP contribution in [0, 0.1) is 0 Å². The molecule has 0 aliphatic carbocycles. The number of carbonyl (C=O) groups excluding carboxylic acids is 1. The van der Waals surface area contributed by atoms with Gasteiger partial charge in [0.1, 0.15) is 0 Å². The number of halogens is 6. The second-order valence-corrected chi connectivity index (χ2v) is 1.74. The van der Waals surface area contributed by atoms with Gasteiger partial charge in [0, 0.05) is 0 Å². The van der Waals surface area contributed by atoms with Gasteiger partial charge in [-0.2, -0.15) is 22.6 Å². The fourth-order valence-electron chi connectivity index (χ4n) is 0.392. The molecule has 8 heteroatoms. The van der Waals surface area contributed by atoms with Gasteiger partial charge in [-0.15, -0.1) is 0 Å². The van der Waals surface area contributed by atoms with Crippen molar-refractivity contribution in [3.8, 4) is 0 Å². The molecule has 0 saturated carbocycles. The van der Waals surface area contributed by atoms with Gasteiger partial charge in [-0.05, 0) is 0 Å². The fourth-order valence-corrected chi connectivity index (χ4v) is 0.392. The minimum atomic E-state index is -5.14.